The maximum atomic E-state index is 13.3. The van der Waals surface area contributed by atoms with Crippen LogP contribution in [-0.2, 0) is 16.6 Å². The molecule has 3 heterocycles. The van der Waals surface area contributed by atoms with Crippen LogP contribution in [0.3, 0.4) is 0 Å². The van der Waals surface area contributed by atoms with Gasteiger partial charge in [-0.2, -0.15) is 0 Å². The lowest BCUT2D eigenvalue weighted by Gasteiger charge is -2.31. The van der Waals surface area contributed by atoms with Gasteiger partial charge in [-0.3, -0.25) is 19.1 Å². The summed E-state index contributed by atoms with van der Waals surface area (Å²) >= 11 is 0. The Morgan fingerprint density at radius 2 is 1.70 bits per heavy atom. The average molecular weight is 377 g/mol. The molecule has 1 aromatic carbocycles. The van der Waals surface area contributed by atoms with Crippen molar-refractivity contribution in [2.45, 2.75) is 11.4 Å². The molecule has 7 heteroatoms. The summed E-state index contributed by atoms with van der Waals surface area (Å²) in [6.45, 7) is 0.0210. The van der Waals surface area contributed by atoms with Crippen molar-refractivity contribution in [1.29, 1.82) is 0 Å². The normalized spacial score (nSPS) is 17.0. The summed E-state index contributed by atoms with van der Waals surface area (Å²) < 4.78 is 27.7. The van der Waals surface area contributed by atoms with Crippen molar-refractivity contribution in [3.63, 3.8) is 0 Å². The van der Waals surface area contributed by atoms with Gasteiger partial charge in [0.15, 0.2) is 0 Å². The van der Waals surface area contributed by atoms with Gasteiger partial charge in [0.2, 0.25) is 5.78 Å². The van der Waals surface area contributed by atoms with Gasteiger partial charge in [0.05, 0.1) is 11.4 Å². The number of hydrogen-bond acceptors (Lipinski definition) is 5. The lowest BCUT2D eigenvalue weighted by atomic mass is 10.1. The quantitative estimate of drug-likeness (QED) is 0.656. The van der Waals surface area contributed by atoms with E-state index in [9.17, 15) is 13.2 Å². The van der Waals surface area contributed by atoms with Crippen LogP contribution in [0.25, 0.3) is 6.08 Å². The molecule has 0 N–H and O–H groups in total. The van der Waals surface area contributed by atoms with E-state index in [0.717, 1.165) is 4.31 Å². The minimum atomic E-state index is -3.88. The standard InChI is InChI=1S/C20H15N3O3S/c24-20-17-5-1-2-6-19(17)27(25,26)23(14-16-4-3-9-22-13-16)18(20)12-15-7-10-21-11-8-15/h1-13H,14H2/b18-12+. The van der Waals surface area contributed by atoms with Crippen molar-refractivity contribution in [3.05, 3.63) is 95.7 Å². The lowest BCUT2D eigenvalue weighted by molar-refractivity contribution is 0.100. The molecule has 0 saturated carbocycles. The van der Waals surface area contributed by atoms with Crippen LogP contribution in [-0.4, -0.2) is 28.5 Å². The number of sulfonamides is 1. The Balaban J connectivity index is 1.91. The van der Waals surface area contributed by atoms with Crippen molar-refractivity contribution in [3.8, 4) is 0 Å². The van der Waals surface area contributed by atoms with Gasteiger partial charge in [-0.1, -0.05) is 18.2 Å². The summed E-state index contributed by atoms with van der Waals surface area (Å²) in [6, 6.07) is 13.2. The van der Waals surface area contributed by atoms with Crippen LogP contribution in [0.15, 0.2) is 83.9 Å². The highest BCUT2D eigenvalue weighted by Gasteiger charge is 2.39. The monoisotopic (exact) mass is 377 g/mol. The average Bonchev–Trinajstić information content (AvgIpc) is 2.71. The third kappa shape index (κ3) is 3.13. The van der Waals surface area contributed by atoms with Gasteiger partial charge < -0.3 is 0 Å². The van der Waals surface area contributed by atoms with Gasteiger partial charge in [0.1, 0.15) is 5.70 Å². The minimum absolute atomic E-state index is 0.0192. The third-order valence-corrected chi connectivity index (χ3v) is 6.08. The second-order valence-corrected chi connectivity index (χ2v) is 7.84. The molecule has 27 heavy (non-hydrogen) atoms. The molecule has 1 aliphatic heterocycles. The van der Waals surface area contributed by atoms with Crippen LogP contribution in [0.5, 0.6) is 0 Å². The van der Waals surface area contributed by atoms with Crippen LogP contribution in [0, 0.1) is 0 Å². The van der Waals surface area contributed by atoms with Crippen LogP contribution >= 0.6 is 0 Å². The minimum Gasteiger partial charge on any atom is -0.287 e. The van der Waals surface area contributed by atoms with Crippen molar-refractivity contribution in [2.24, 2.45) is 0 Å². The Kier molecular flexibility index (Phi) is 4.29. The maximum absolute atomic E-state index is 13.3. The number of nitrogens with zero attached hydrogens (tertiary/aromatic N) is 3. The molecular formula is C20H15N3O3S. The summed E-state index contributed by atoms with van der Waals surface area (Å²) in [7, 11) is -3.88. The van der Waals surface area contributed by atoms with E-state index in [1.54, 1.807) is 67.3 Å². The number of carbonyl (C=O) groups is 1. The number of ketones is 1. The molecule has 0 aliphatic carbocycles. The van der Waals surface area contributed by atoms with Crippen molar-refractivity contribution >= 4 is 21.9 Å². The number of carbonyl (C=O) groups excluding carboxylic acids is 1. The zero-order valence-electron chi connectivity index (χ0n) is 14.2. The smallest absolute Gasteiger partial charge is 0.265 e. The molecule has 6 nitrogen and oxygen atoms in total. The van der Waals surface area contributed by atoms with E-state index in [0.29, 0.717) is 11.1 Å². The molecule has 1 aliphatic rings. The molecule has 134 valence electrons. The second-order valence-electron chi connectivity index (χ2n) is 6.01. The molecule has 0 spiro atoms. The predicted octanol–water partition coefficient (Wildman–Crippen LogP) is 2.90. The van der Waals surface area contributed by atoms with E-state index < -0.39 is 10.0 Å². The highest BCUT2D eigenvalue weighted by Crippen LogP contribution is 2.34. The SMILES string of the molecule is O=C1/C(=C\c2ccncc2)N(Cc2cccnc2)S(=O)(=O)c2ccccc21. The number of Topliss-reactive ketones (excluding diaryl/α,β-unsaturated/α-hetero) is 1. The van der Waals surface area contributed by atoms with Crippen molar-refractivity contribution in [1.82, 2.24) is 14.3 Å². The van der Waals surface area contributed by atoms with E-state index in [1.165, 1.54) is 12.1 Å². The van der Waals surface area contributed by atoms with E-state index in [1.807, 2.05) is 0 Å². The fourth-order valence-electron chi connectivity index (χ4n) is 2.96. The van der Waals surface area contributed by atoms with E-state index in [4.69, 9.17) is 0 Å². The Hall–Kier alpha value is -3.32. The highest BCUT2D eigenvalue weighted by molar-refractivity contribution is 7.89. The number of benzene rings is 1. The van der Waals surface area contributed by atoms with E-state index in [-0.39, 0.29) is 28.5 Å². The molecular weight excluding hydrogens is 362 g/mol. The Labute approximate surface area is 156 Å². The van der Waals surface area contributed by atoms with Crippen LogP contribution in [0.1, 0.15) is 21.5 Å². The van der Waals surface area contributed by atoms with Crippen LogP contribution in [0.2, 0.25) is 0 Å². The molecule has 3 aromatic rings. The Bertz CT molecular complexity index is 1130. The Morgan fingerprint density at radius 1 is 0.926 bits per heavy atom. The van der Waals surface area contributed by atoms with Crippen molar-refractivity contribution < 1.29 is 13.2 Å². The second kappa shape index (κ2) is 6.77. The molecule has 0 amide bonds. The lowest BCUT2D eigenvalue weighted by Crippen LogP contribution is -2.38. The fourth-order valence-corrected chi connectivity index (χ4v) is 4.60. The van der Waals surface area contributed by atoms with Gasteiger partial charge in [0, 0.05) is 30.4 Å². The first-order valence-corrected chi connectivity index (χ1v) is 9.68. The molecule has 4 rings (SSSR count). The number of allylic oxidation sites excluding steroid dienone is 1. The van der Waals surface area contributed by atoms with Gasteiger partial charge in [-0.15, -0.1) is 0 Å². The van der Waals surface area contributed by atoms with E-state index in [2.05, 4.69) is 9.97 Å². The number of rotatable bonds is 3. The largest absolute Gasteiger partial charge is 0.287 e. The summed E-state index contributed by atoms with van der Waals surface area (Å²) in [5, 5.41) is 0. The summed E-state index contributed by atoms with van der Waals surface area (Å²) in [6.07, 6.45) is 7.96. The summed E-state index contributed by atoms with van der Waals surface area (Å²) in [5.74, 6) is -0.332. The molecule has 0 radical (unpaired) electrons. The zero-order valence-corrected chi connectivity index (χ0v) is 15.0. The van der Waals surface area contributed by atoms with Crippen LogP contribution < -0.4 is 0 Å². The van der Waals surface area contributed by atoms with Gasteiger partial charge >= 0.3 is 0 Å². The maximum Gasteiger partial charge on any atom is 0.265 e. The predicted molar refractivity (Wildman–Crippen MR) is 100.0 cm³/mol. The molecule has 2 aromatic heterocycles. The molecule has 0 saturated heterocycles. The first-order valence-electron chi connectivity index (χ1n) is 8.24. The molecule has 0 bridgehead atoms. The number of aromatic nitrogens is 2. The number of hydrogen-bond donors (Lipinski definition) is 0. The first-order chi connectivity index (χ1) is 13.1. The summed E-state index contributed by atoms with van der Waals surface area (Å²) in [5.41, 5.74) is 1.66. The molecule has 0 unspecified atom stereocenters. The van der Waals surface area contributed by atoms with Gasteiger partial charge in [0.25, 0.3) is 10.0 Å². The number of fused-ring (bicyclic) bond motifs is 1. The number of pyridine rings is 2. The zero-order chi connectivity index (χ0) is 18.9. The molecule has 0 fully saturated rings. The van der Waals surface area contributed by atoms with Gasteiger partial charge in [-0.25, -0.2) is 8.42 Å². The summed E-state index contributed by atoms with van der Waals surface area (Å²) in [4.78, 5) is 21.1. The third-order valence-electron chi connectivity index (χ3n) is 4.26. The fraction of sp³-hybridized carbons (Fsp3) is 0.0500. The van der Waals surface area contributed by atoms with Gasteiger partial charge in [-0.05, 0) is 47.5 Å². The van der Waals surface area contributed by atoms with E-state index >= 15 is 0 Å². The van der Waals surface area contributed by atoms with Crippen molar-refractivity contribution in [2.75, 3.05) is 0 Å². The topological polar surface area (TPSA) is 80.2 Å². The first kappa shape index (κ1) is 17.1. The highest BCUT2D eigenvalue weighted by atomic mass is 32.2. The Morgan fingerprint density at radius 3 is 2.44 bits per heavy atom. The molecule has 0 atom stereocenters. The van der Waals surface area contributed by atoms with Crippen LogP contribution in [0.4, 0.5) is 0 Å².